The third-order valence-corrected chi connectivity index (χ3v) is 5.79. The molecular formula is C20H18N2O4S2. The number of ether oxygens (including phenoxy) is 1. The van der Waals surface area contributed by atoms with Crippen LogP contribution in [0.2, 0.25) is 0 Å². The second-order valence-corrected chi connectivity index (χ2v) is 7.76. The summed E-state index contributed by atoms with van der Waals surface area (Å²) < 4.78 is 4.72. The van der Waals surface area contributed by atoms with Crippen LogP contribution in [-0.4, -0.2) is 24.9 Å². The van der Waals surface area contributed by atoms with E-state index >= 15 is 0 Å². The summed E-state index contributed by atoms with van der Waals surface area (Å²) in [6, 6.07) is 13.4. The van der Waals surface area contributed by atoms with Crippen LogP contribution in [0.4, 0.5) is 5.69 Å². The summed E-state index contributed by atoms with van der Waals surface area (Å²) in [6.45, 7) is 0. The fourth-order valence-corrected chi connectivity index (χ4v) is 3.91. The standard InChI is InChI=1S/C20H18N2O4S2/c1-26-18(23)12-15(16-4-2-10-27-16)22-19(24)13-6-8-14(9-7-13)21-20(25)17-5-3-11-28-17/h2-11,15H,12H2,1H3,(H,21,25)(H,22,24). The summed E-state index contributed by atoms with van der Waals surface area (Å²) in [5, 5.41) is 9.38. The minimum Gasteiger partial charge on any atom is -0.469 e. The summed E-state index contributed by atoms with van der Waals surface area (Å²) in [5.74, 6) is -0.896. The van der Waals surface area contributed by atoms with Gasteiger partial charge in [-0.1, -0.05) is 12.1 Å². The first kappa shape index (κ1) is 19.8. The predicted octanol–water partition coefficient (Wildman–Crippen LogP) is 4.10. The van der Waals surface area contributed by atoms with Gasteiger partial charge in [0.25, 0.3) is 11.8 Å². The van der Waals surface area contributed by atoms with Crippen molar-refractivity contribution < 1.29 is 19.1 Å². The lowest BCUT2D eigenvalue weighted by Gasteiger charge is -2.16. The fourth-order valence-electron chi connectivity index (χ4n) is 2.51. The number of carbonyl (C=O) groups excluding carboxylic acids is 3. The molecule has 0 radical (unpaired) electrons. The summed E-state index contributed by atoms with van der Waals surface area (Å²) in [4.78, 5) is 37.8. The number of methoxy groups -OCH3 is 1. The molecule has 144 valence electrons. The van der Waals surface area contributed by atoms with Crippen LogP contribution in [0, 0.1) is 0 Å². The van der Waals surface area contributed by atoms with E-state index in [1.54, 1.807) is 30.3 Å². The lowest BCUT2D eigenvalue weighted by Crippen LogP contribution is -2.30. The van der Waals surface area contributed by atoms with E-state index in [-0.39, 0.29) is 18.2 Å². The summed E-state index contributed by atoms with van der Waals surface area (Å²) in [5.41, 5.74) is 1.03. The largest absolute Gasteiger partial charge is 0.469 e. The van der Waals surface area contributed by atoms with Gasteiger partial charge >= 0.3 is 5.97 Å². The highest BCUT2D eigenvalue weighted by molar-refractivity contribution is 7.12. The minimum atomic E-state index is -0.460. The number of hydrogen-bond donors (Lipinski definition) is 2. The van der Waals surface area contributed by atoms with Crippen LogP contribution < -0.4 is 10.6 Å². The van der Waals surface area contributed by atoms with Gasteiger partial charge in [0, 0.05) is 16.1 Å². The van der Waals surface area contributed by atoms with Crippen LogP contribution in [0.1, 0.15) is 37.4 Å². The lowest BCUT2D eigenvalue weighted by molar-refractivity contribution is -0.141. The van der Waals surface area contributed by atoms with Crippen molar-refractivity contribution >= 4 is 46.1 Å². The van der Waals surface area contributed by atoms with Crippen molar-refractivity contribution in [2.24, 2.45) is 0 Å². The van der Waals surface area contributed by atoms with Gasteiger partial charge < -0.3 is 15.4 Å². The first-order valence-electron chi connectivity index (χ1n) is 8.43. The molecule has 2 N–H and O–H groups in total. The number of amides is 2. The molecule has 0 aliphatic carbocycles. The summed E-state index contributed by atoms with van der Waals surface area (Å²) in [7, 11) is 1.32. The Hall–Kier alpha value is -2.97. The van der Waals surface area contributed by atoms with Crippen LogP contribution in [-0.2, 0) is 9.53 Å². The topological polar surface area (TPSA) is 84.5 Å². The molecule has 28 heavy (non-hydrogen) atoms. The highest BCUT2D eigenvalue weighted by Crippen LogP contribution is 2.23. The molecule has 8 heteroatoms. The zero-order valence-electron chi connectivity index (χ0n) is 15.0. The smallest absolute Gasteiger partial charge is 0.307 e. The maximum Gasteiger partial charge on any atom is 0.307 e. The zero-order chi connectivity index (χ0) is 19.9. The molecule has 0 bridgehead atoms. The van der Waals surface area contributed by atoms with Crippen molar-refractivity contribution in [1.82, 2.24) is 5.32 Å². The Morgan fingerprint density at radius 3 is 2.29 bits per heavy atom. The van der Waals surface area contributed by atoms with Gasteiger partial charge in [-0.05, 0) is 47.2 Å². The number of hydrogen-bond acceptors (Lipinski definition) is 6. The van der Waals surface area contributed by atoms with Gasteiger partial charge in [0.2, 0.25) is 0 Å². The minimum absolute atomic E-state index is 0.0533. The second-order valence-electron chi connectivity index (χ2n) is 5.83. The van der Waals surface area contributed by atoms with E-state index in [1.165, 1.54) is 29.8 Å². The van der Waals surface area contributed by atoms with Crippen LogP contribution in [0.15, 0.2) is 59.3 Å². The van der Waals surface area contributed by atoms with Gasteiger partial charge in [-0.3, -0.25) is 14.4 Å². The molecule has 0 spiro atoms. The van der Waals surface area contributed by atoms with Crippen molar-refractivity contribution in [3.63, 3.8) is 0 Å². The molecule has 1 atom stereocenters. The molecular weight excluding hydrogens is 396 g/mol. The molecule has 1 unspecified atom stereocenters. The molecule has 6 nitrogen and oxygen atoms in total. The summed E-state index contributed by atoms with van der Waals surface area (Å²) >= 11 is 2.82. The Kier molecular flexibility index (Phi) is 6.57. The Morgan fingerprint density at radius 1 is 0.964 bits per heavy atom. The highest BCUT2D eigenvalue weighted by atomic mass is 32.1. The molecule has 0 saturated carbocycles. The van der Waals surface area contributed by atoms with Gasteiger partial charge in [-0.15, -0.1) is 22.7 Å². The van der Waals surface area contributed by atoms with E-state index in [0.29, 0.717) is 16.1 Å². The Labute approximate surface area is 170 Å². The fraction of sp³-hybridized carbons (Fsp3) is 0.150. The van der Waals surface area contributed by atoms with Crippen molar-refractivity contribution in [2.45, 2.75) is 12.5 Å². The average molecular weight is 415 g/mol. The molecule has 0 saturated heterocycles. The third-order valence-electron chi connectivity index (χ3n) is 3.94. The molecule has 0 fully saturated rings. The van der Waals surface area contributed by atoms with E-state index in [1.807, 2.05) is 29.0 Å². The van der Waals surface area contributed by atoms with Crippen LogP contribution in [0.3, 0.4) is 0 Å². The van der Waals surface area contributed by atoms with E-state index in [0.717, 1.165) is 4.88 Å². The van der Waals surface area contributed by atoms with Gasteiger partial charge in [0.1, 0.15) is 0 Å². The van der Waals surface area contributed by atoms with Gasteiger partial charge in [0.05, 0.1) is 24.4 Å². The first-order chi connectivity index (χ1) is 13.6. The van der Waals surface area contributed by atoms with E-state index < -0.39 is 12.0 Å². The number of esters is 1. The van der Waals surface area contributed by atoms with Gasteiger partial charge in [-0.2, -0.15) is 0 Å². The normalized spacial score (nSPS) is 11.5. The molecule has 3 aromatic rings. The maximum absolute atomic E-state index is 12.6. The maximum atomic E-state index is 12.6. The first-order valence-corrected chi connectivity index (χ1v) is 10.2. The zero-order valence-corrected chi connectivity index (χ0v) is 16.6. The molecule has 2 aromatic heterocycles. The molecule has 1 aromatic carbocycles. The molecule has 2 heterocycles. The van der Waals surface area contributed by atoms with Crippen molar-refractivity contribution in [2.75, 3.05) is 12.4 Å². The van der Waals surface area contributed by atoms with Gasteiger partial charge in [0.15, 0.2) is 0 Å². The molecule has 2 amide bonds. The number of rotatable bonds is 7. The SMILES string of the molecule is COC(=O)CC(NC(=O)c1ccc(NC(=O)c2cccs2)cc1)c1cccs1. The third kappa shape index (κ3) is 5.05. The number of thiophene rings is 2. The van der Waals surface area contributed by atoms with Crippen molar-refractivity contribution in [3.05, 3.63) is 74.6 Å². The Balaban J connectivity index is 1.66. The average Bonchev–Trinajstić information content (AvgIpc) is 3.41. The number of anilines is 1. The van der Waals surface area contributed by atoms with E-state index in [4.69, 9.17) is 4.74 Å². The Bertz CT molecular complexity index is 935. The second kappa shape index (κ2) is 9.29. The molecule has 3 rings (SSSR count). The monoisotopic (exact) mass is 414 g/mol. The quantitative estimate of drug-likeness (QED) is 0.570. The number of benzene rings is 1. The highest BCUT2D eigenvalue weighted by Gasteiger charge is 2.20. The van der Waals surface area contributed by atoms with Crippen LogP contribution in [0.5, 0.6) is 0 Å². The van der Waals surface area contributed by atoms with E-state index in [2.05, 4.69) is 10.6 Å². The predicted molar refractivity (Wildman–Crippen MR) is 110 cm³/mol. The van der Waals surface area contributed by atoms with Crippen molar-refractivity contribution in [3.8, 4) is 0 Å². The lowest BCUT2D eigenvalue weighted by atomic mass is 10.1. The molecule has 0 aliphatic rings. The number of carbonyl (C=O) groups is 3. The van der Waals surface area contributed by atoms with Crippen LogP contribution >= 0.6 is 22.7 Å². The van der Waals surface area contributed by atoms with Gasteiger partial charge in [-0.25, -0.2) is 0 Å². The van der Waals surface area contributed by atoms with Crippen molar-refractivity contribution in [1.29, 1.82) is 0 Å². The van der Waals surface area contributed by atoms with E-state index in [9.17, 15) is 14.4 Å². The molecule has 0 aliphatic heterocycles. The summed E-state index contributed by atoms with van der Waals surface area (Å²) in [6.07, 6.45) is 0.0533. The van der Waals surface area contributed by atoms with Crippen LogP contribution in [0.25, 0.3) is 0 Å². The Morgan fingerprint density at radius 2 is 1.68 bits per heavy atom. The number of nitrogens with one attached hydrogen (secondary N) is 2.